The fourth-order valence-corrected chi connectivity index (χ4v) is 5.39. The lowest BCUT2D eigenvalue weighted by atomic mass is 9.85. The third-order valence-corrected chi connectivity index (χ3v) is 7.26. The molecule has 1 aliphatic carbocycles. The number of aliphatic hydroxyl groups is 1. The van der Waals surface area contributed by atoms with Crippen molar-refractivity contribution in [3.05, 3.63) is 58.3 Å². The van der Waals surface area contributed by atoms with E-state index in [-0.39, 0.29) is 47.9 Å². The number of fused-ring (bicyclic) bond motifs is 4. The average Bonchev–Trinajstić information content (AvgIpc) is 2.88. The third-order valence-electron chi connectivity index (χ3n) is 7.26. The first-order valence-electron chi connectivity index (χ1n) is 10.6. The predicted octanol–water partition coefficient (Wildman–Crippen LogP) is 1.92. The molecule has 3 heterocycles. The van der Waals surface area contributed by atoms with Gasteiger partial charge in [-0.25, -0.2) is 4.39 Å². The summed E-state index contributed by atoms with van der Waals surface area (Å²) < 4.78 is 15.0. The maximum atomic E-state index is 13.3. The molecule has 1 amide bonds. The number of nitrogens with one attached hydrogen (secondary N) is 1. The Morgan fingerprint density at radius 2 is 1.93 bits per heavy atom. The van der Waals surface area contributed by atoms with Crippen LogP contribution in [-0.4, -0.2) is 46.2 Å². The summed E-state index contributed by atoms with van der Waals surface area (Å²) in [5.41, 5.74) is 1.84. The number of carbonyl (C=O) groups is 1. The third kappa shape index (κ3) is 2.91. The number of nitrogens with zero attached hydrogens (tertiary/aromatic N) is 2. The molecule has 5 rings (SSSR count). The van der Waals surface area contributed by atoms with Gasteiger partial charge in [0.05, 0.1) is 12.0 Å². The van der Waals surface area contributed by atoms with E-state index in [0.717, 1.165) is 25.0 Å². The number of benzene rings is 1. The minimum atomic E-state index is -0.393. The molecule has 2 bridgehead atoms. The number of amides is 1. The maximum absolute atomic E-state index is 13.3. The largest absolute Gasteiger partial charge is 0.396 e. The van der Waals surface area contributed by atoms with Gasteiger partial charge in [-0.1, -0.05) is 12.1 Å². The molecule has 4 atom stereocenters. The van der Waals surface area contributed by atoms with Crippen LogP contribution in [0.15, 0.2) is 41.2 Å². The summed E-state index contributed by atoms with van der Waals surface area (Å²) >= 11 is 0. The lowest BCUT2D eigenvalue weighted by Gasteiger charge is -2.36. The minimum Gasteiger partial charge on any atom is -0.396 e. The van der Waals surface area contributed by atoms with Crippen LogP contribution in [0.5, 0.6) is 0 Å². The molecule has 1 saturated carbocycles. The van der Waals surface area contributed by atoms with E-state index < -0.39 is 5.92 Å². The van der Waals surface area contributed by atoms with Crippen molar-refractivity contribution in [2.75, 3.05) is 13.7 Å². The second-order valence-corrected chi connectivity index (χ2v) is 8.78. The minimum absolute atomic E-state index is 0.0263. The van der Waals surface area contributed by atoms with Gasteiger partial charge >= 0.3 is 0 Å². The zero-order valence-corrected chi connectivity index (χ0v) is 16.9. The molecule has 7 heteroatoms. The Kier molecular flexibility index (Phi) is 4.75. The Morgan fingerprint density at radius 3 is 2.57 bits per heavy atom. The van der Waals surface area contributed by atoms with Crippen molar-refractivity contribution in [3.8, 4) is 11.1 Å². The van der Waals surface area contributed by atoms with E-state index in [4.69, 9.17) is 0 Å². The summed E-state index contributed by atoms with van der Waals surface area (Å²) in [6.07, 6.45) is 3.14. The fraction of sp³-hybridized carbons (Fsp3) is 0.478. The number of halogens is 1. The van der Waals surface area contributed by atoms with Crippen molar-refractivity contribution in [1.29, 1.82) is 0 Å². The Hall–Kier alpha value is -2.51. The summed E-state index contributed by atoms with van der Waals surface area (Å²) in [5, 5.41) is 13.3. The first kappa shape index (κ1) is 19.5. The van der Waals surface area contributed by atoms with Crippen molar-refractivity contribution < 1.29 is 14.3 Å². The van der Waals surface area contributed by atoms with Gasteiger partial charge < -0.3 is 15.0 Å². The molecule has 3 aliphatic rings. The van der Waals surface area contributed by atoms with E-state index in [1.807, 2.05) is 13.1 Å². The molecular weight excluding hydrogens is 385 g/mol. The SMILES string of the molecule is CN1[C@@H]2c3ccc(-c4ccc(F)cc4)c(=O)n3C[C@H]1[C@H](CO)[C@H]2C(=O)NC1CCC1. The van der Waals surface area contributed by atoms with Crippen molar-refractivity contribution in [3.63, 3.8) is 0 Å². The second kappa shape index (κ2) is 7.32. The van der Waals surface area contributed by atoms with Gasteiger partial charge in [0, 0.05) is 42.4 Å². The highest BCUT2D eigenvalue weighted by Gasteiger charge is 2.54. The van der Waals surface area contributed by atoms with Gasteiger partial charge in [-0.3, -0.25) is 14.5 Å². The molecular formula is C23H26FN3O3. The van der Waals surface area contributed by atoms with Gasteiger partial charge in [0.2, 0.25) is 5.91 Å². The van der Waals surface area contributed by atoms with E-state index in [9.17, 15) is 19.1 Å². The van der Waals surface area contributed by atoms with Crippen LogP contribution in [0.1, 0.15) is 31.0 Å². The van der Waals surface area contributed by atoms with Crippen LogP contribution in [0.2, 0.25) is 0 Å². The van der Waals surface area contributed by atoms with Gasteiger partial charge in [0.25, 0.3) is 5.56 Å². The van der Waals surface area contributed by atoms with Crippen molar-refractivity contribution in [2.45, 2.75) is 43.9 Å². The molecule has 2 N–H and O–H groups in total. The molecule has 1 aromatic carbocycles. The van der Waals surface area contributed by atoms with E-state index in [1.165, 1.54) is 12.1 Å². The van der Waals surface area contributed by atoms with Crippen LogP contribution >= 0.6 is 0 Å². The van der Waals surface area contributed by atoms with E-state index in [2.05, 4.69) is 10.2 Å². The van der Waals surface area contributed by atoms with Gasteiger partial charge in [0.15, 0.2) is 0 Å². The standard InChI is InChI=1S/C23H26FN3O3/c1-26-19-11-27-18(10-9-16(23(27)30)13-5-7-14(24)8-6-13)21(26)20(17(19)12-28)22(29)25-15-3-2-4-15/h5-10,15,17,19-21,28H,2-4,11-12H2,1H3,(H,25,29)/t17-,19-,20+,21+/m0/s1. The summed E-state index contributed by atoms with van der Waals surface area (Å²) in [4.78, 5) is 28.6. The van der Waals surface area contributed by atoms with Gasteiger partial charge in [-0.15, -0.1) is 0 Å². The molecule has 2 aliphatic heterocycles. The fourth-order valence-electron chi connectivity index (χ4n) is 5.39. The summed E-state index contributed by atoms with van der Waals surface area (Å²) in [7, 11) is 1.97. The number of hydrogen-bond donors (Lipinski definition) is 2. The van der Waals surface area contributed by atoms with Crippen LogP contribution in [0, 0.1) is 17.7 Å². The molecule has 30 heavy (non-hydrogen) atoms. The molecule has 0 spiro atoms. The highest BCUT2D eigenvalue weighted by atomic mass is 19.1. The van der Waals surface area contributed by atoms with E-state index in [1.54, 1.807) is 22.8 Å². The lowest BCUT2D eigenvalue weighted by molar-refractivity contribution is -0.128. The molecule has 1 aromatic heterocycles. The Morgan fingerprint density at radius 1 is 1.20 bits per heavy atom. The Balaban J connectivity index is 1.55. The number of rotatable bonds is 4. The van der Waals surface area contributed by atoms with Crippen LogP contribution < -0.4 is 10.9 Å². The highest BCUT2D eigenvalue weighted by molar-refractivity contribution is 5.81. The van der Waals surface area contributed by atoms with Crippen molar-refractivity contribution in [2.24, 2.45) is 11.8 Å². The first-order chi connectivity index (χ1) is 14.5. The smallest absolute Gasteiger partial charge is 0.258 e. The topological polar surface area (TPSA) is 74.6 Å². The summed E-state index contributed by atoms with van der Waals surface area (Å²) in [5.74, 6) is -0.992. The second-order valence-electron chi connectivity index (χ2n) is 8.78. The predicted molar refractivity (Wildman–Crippen MR) is 110 cm³/mol. The Labute approximate surface area is 174 Å². The van der Waals surface area contributed by atoms with Gasteiger partial charge in [-0.05, 0) is 56.1 Å². The number of carbonyl (C=O) groups excluding carboxylic acids is 1. The normalized spacial score (nSPS) is 28.1. The Bertz CT molecular complexity index is 1030. The zero-order valence-electron chi connectivity index (χ0n) is 16.9. The number of hydrogen-bond acceptors (Lipinski definition) is 4. The molecule has 1 saturated heterocycles. The number of aromatic nitrogens is 1. The van der Waals surface area contributed by atoms with Gasteiger partial charge in [0.1, 0.15) is 5.82 Å². The highest BCUT2D eigenvalue weighted by Crippen LogP contribution is 2.47. The van der Waals surface area contributed by atoms with Crippen LogP contribution in [0.25, 0.3) is 11.1 Å². The monoisotopic (exact) mass is 411 g/mol. The molecule has 2 aromatic rings. The number of aliphatic hydroxyl groups excluding tert-OH is 1. The maximum Gasteiger partial charge on any atom is 0.258 e. The zero-order chi connectivity index (χ0) is 21.0. The first-order valence-corrected chi connectivity index (χ1v) is 10.6. The van der Waals surface area contributed by atoms with Crippen LogP contribution in [-0.2, 0) is 11.3 Å². The van der Waals surface area contributed by atoms with Crippen molar-refractivity contribution >= 4 is 5.91 Å². The average molecular weight is 411 g/mol. The summed E-state index contributed by atoms with van der Waals surface area (Å²) in [6, 6.07) is 9.45. The molecule has 2 fully saturated rings. The molecule has 0 unspecified atom stereocenters. The van der Waals surface area contributed by atoms with Crippen LogP contribution in [0.4, 0.5) is 4.39 Å². The molecule has 6 nitrogen and oxygen atoms in total. The van der Waals surface area contributed by atoms with E-state index in [0.29, 0.717) is 17.7 Å². The summed E-state index contributed by atoms with van der Waals surface area (Å²) in [6.45, 7) is 0.330. The lowest BCUT2D eigenvalue weighted by Crippen LogP contribution is -2.46. The molecule has 158 valence electrons. The van der Waals surface area contributed by atoms with E-state index >= 15 is 0 Å². The van der Waals surface area contributed by atoms with Gasteiger partial charge in [-0.2, -0.15) is 0 Å². The quantitative estimate of drug-likeness (QED) is 0.806. The number of pyridine rings is 1. The molecule has 0 radical (unpaired) electrons. The van der Waals surface area contributed by atoms with Crippen molar-refractivity contribution in [1.82, 2.24) is 14.8 Å². The number of likely N-dealkylation sites (N-methyl/N-ethyl adjacent to an activating group) is 1. The van der Waals surface area contributed by atoms with Crippen LogP contribution in [0.3, 0.4) is 0 Å².